The van der Waals surface area contributed by atoms with Crippen LogP contribution in [0.25, 0.3) is 0 Å². The summed E-state index contributed by atoms with van der Waals surface area (Å²) in [6.45, 7) is 2.43. The fourth-order valence-corrected chi connectivity index (χ4v) is 4.02. The van der Waals surface area contributed by atoms with Crippen molar-refractivity contribution in [3.63, 3.8) is 0 Å². The number of thiophene rings is 1. The van der Waals surface area contributed by atoms with Gasteiger partial charge in [-0.05, 0) is 49.0 Å². The Kier molecular flexibility index (Phi) is 3.53. The molecule has 2 aliphatic carbocycles. The first-order valence-electron chi connectivity index (χ1n) is 7.14. The van der Waals surface area contributed by atoms with Gasteiger partial charge in [0.15, 0.2) is 0 Å². The van der Waals surface area contributed by atoms with Crippen molar-refractivity contribution in [1.29, 1.82) is 0 Å². The zero-order chi connectivity index (χ0) is 11.7. The highest BCUT2D eigenvalue weighted by atomic mass is 32.1. The van der Waals surface area contributed by atoms with E-state index in [2.05, 4.69) is 29.8 Å². The monoisotopic (exact) mass is 249 g/mol. The van der Waals surface area contributed by atoms with E-state index >= 15 is 0 Å². The van der Waals surface area contributed by atoms with Gasteiger partial charge in [0.05, 0.1) is 0 Å². The zero-order valence-electron chi connectivity index (χ0n) is 10.7. The standard InChI is InChI=1S/C15H23NS/c1-11-5-2-3-6-13(11)16-15(12-8-9-12)14-7-4-10-17-14/h4,7,10-13,15-16H,2-3,5-6,8-9H2,1H3. The lowest BCUT2D eigenvalue weighted by molar-refractivity contribution is 0.251. The van der Waals surface area contributed by atoms with Crippen molar-refractivity contribution in [2.45, 2.75) is 57.5 Å². The van der Waals surface area contributed by atoms with E-state index < -0.39 is 0 Å². The van der Waals surface area contributed by atoms with Gasteiger partial charge in [-0.15, -0.1) is 11.3 Å². The van der Waals surface area contributed by atoms with Crippen molar-refractivity contribution < 1.29 is 0 Å². The number of hydrogen-bond acceptors (Lipinski definition) is 2. The molecule has 1 nitrogen and oxygen atoms in total. The minimum Gasteiger partial charge on any atom is -0.306 e. The molecule has 3 unspecified atom stereocenters. The van der Waals surface area contributed by atoms with Crippen LogP contribution in [-0.2, 0) is 0 Å². The third kappa shape index (κ3) is 2.74. The average Bonchev–Trinajstić information content (AvgIpc) is 3.03. The summed E-state index contributed by atoms with van der Waals surface area (Å²) in [6, 6.07) is 5.92. The Labute approximate surface area is 109 Å². The van der Waals surface area contributed by atoms with Crippen molar-refractivity contribution in [2.24, 2.45) is 11.8 Å². The maximum atomic E-state index is 3.98. The van der Waals surface area contributed by atoms with Crippen LogP contribution in [0.5, 0.6) is 0 Å². The molecule has 1 heterocycles. The quantitative estimate of drug-likeness (QED) is 0.835. The Hall–Kier alpha value is -0.340. The third-order valence-electron chi connectivity index (χ3n) is 4.45. The van der Waals surface area contributed by atoms with Gasteiger partial charge in [-0.25, -0.2) is 0 Å². The molecule has 94 valence electrons. The molecule has 0 radical (unpaired) electrons. The average molecular weight is 249 g/mol. The number of rotatable bonds is 4. The van der Waals surface area contributed by atoms with Crippen LogP contribution < -0.4 is 5.32 Å². The van der Waals surface area contributed by atoms with Gasteiger partial charge in [-0.1, -0.05) is 25.8 Å². The fourth-order valence-electron chi connectivity index (χ4n) is 3.14. The summed E-state index contributed by atoms with van der Waals surface area (Å²) in [5, 5.41) is 6.20. The molecule has 0 amide bonds. The normalized spacial score (nSPS) is 31.4. The van der Waals surface area contributed by atoms with Crippen molar-refractivity contribution in [2.75, 3.05) is 0 Å². The largest absolute Gasteiger partial charge is 0.306 e. The van der Waals surface area contributed by atoms with E-state index in [-0.39, 0.29) is 0 Å². The van der Waals surface area contributed by atoms with E-state index in [1.165, 1.54) is 38.5 Å². The van der Waals surface area contributed by atoms with Crippen LogP contribution in [0, 0.1) is 11.8 Å². The molecule has 0 aliphatic heterocycles. The Morgan fingerprint density at radius 1 is 1.24 bits per heavy atom. The van der Waals surface area contributed by atoms with Gasteiger partial charge in [0.1, 0.15) is 0 Å². The number of hydrogen-bond donors (Lipinski definition) is 1. The summed E-state index contributed by atoms with van der Waals surface area (Å²) < 4.78 is 0. The van der Waals surface area contributed by atoms with Crippen LogP contribution in [0.2, 0.25) is 0 Å². The van der Waals surface area contributed by atoms with E-state index in [1.807, 2.05) is 11.3 Å². The predicted octanol–water partition coefficient (Wildman–Crippen LogP) is 4.37. The Morgan fingerprint density at radius 2 is 2.06 bits per heavy atom. The van der Waals surface area contributed by atoms with Gasteiger partial charge in [0.25, 0.3) is 0 Å². The van der Waals surface area contributed by atoms with E-state index in [0.29, 0.717) is 6.04 Å². The lowest BCUT2D eigenvalue weighted by Gasteiger charge is -2.33. The smallest absolute Gasteiger partial charge is 0.0445 e. The zero-order valence-corrected chi connectivity index (χ0v) is 11.5. The highest BCUT2D eigenvalue weighted by Crippen LogP contribution is 2.43. The molecule has 1 aromatic rings. The molecule has 2 heteroatoms. The van der Waals surface area contributed by atoms with Crippen LogP contribution >= 0.6 is 11.3 Å². The predicted molar refractivity (Wildman–Crippen MR) is 74.3 cm³/mol. The Bertz CT molecular complexity index is 342. The molecule has 3 rings (SSSR count). The second-order valence-electron chi connectivity index (χ2n) is 5.87. The van der Waals surface area contributed by atoms with Crippen molar-refractivity contribution in [3.8, 4) is 0 Å². The van der Waals surface area contributed by atoms with Crippen LogP contribution in [-0.4, -0.2) is 6.04 Å². The van der Waals surface area contributed by atoms with Gasteiger partial charge in [-0.3, -0.25) is 0 Å². The van der Waals surface area contributed by atoms with Crippen LogP contribution in [0.4, 0.5) is 0 Å². The summed E-state index contributed by atoms with van der Waals surface area (Å²) in [5.74, 6) is 1.78. The Morgan fingerprint density at radius 3 is 2.71 bits per heavy atom. The fraction of sp³-hybridized carbons (Fsp3) is 0.733. The van der Waals surface area contributed by atoms with Crippen LogP contribution in [0.1, 0.15) is 56.4 Å². The van der Waals surface area contributed by atoms with Crippen molar-refractivity contribution in [3.05, 3.63) is 22.4 Å². The Balaban J connectivity index is 1.68. The highest BCUT2D eigenvalue weighted by molar-refractivity contribution is 7.10. The van der Waals surface area contributed by atoms with Gasteiger partial charge >= 0.3 is 0 Å². The molecular formula is C15H23NS. The molecule has 0 bridgehead atoms. The lowest BCUT2D eigenvalue weighted by atomic mass is 9.85. The topological polar surface area (TPSA) is 12.0 Å². The molecule has 2 saturated carbocycles. The highest BCUT2D eigenvalue weighted by Gasteiger charge is 2.35. The van der Waals surface area contributed by atoms with Crippen molar-refractivity contribution in [1.82, 2.24) is 5.32 Å². The molecule has 1 N–H and O–H groups in total. The van der Waals surface area contributed by atoms with Crippen molar-refractivity contribution >= 4 is 11.3 Å². The van der Waals surface area contributed by atoms with E-state index in [0.717, 1.165) is 17.9 Å². The second-order valence-corrected chi connectivity index (χ2v) is 6.84. The summed E-state index contributed by atoms with van der Waals surface area (Å²) >= 11 is 1.93. The third-order valence-corrected chi connectivity index (χ3v) is 5.40. The maximum absolute atomic E-state index is 3.98. The molecule has 2 aliphatic rings. The van der Waals surface area contributed by atoms with Crippen LogP contribution in [0.3, 0.4) is 0 Å². The molecule has 0 saturated heterocycles. The molecule has 1 aromatic heterocycles. The molecule has 2 fully saturated rings. The molecule has 3 atom stereocenters. The van der Waals surface area contributed by atoms with Crippen LogP contribution in [0.15, 0.2) is 17.5 Å². The van der Waals surface area contributed by atoms with Gasteiger partial charge in [-0.2, -0.15) is 0 Å². The SMILES string of the molecule is CC1CCCCC1NC(c1cccs1)C1CC1. The van der Waals surface area contributed by atoms with E-state index in [1.54, 1.807) is 4.88 Å². The van der Waals surface area contributed by atoms with Gasteiger partial charge in [0.2, 0.25) is 0 Å². The minimum absolute atomic E-state index is 0.653. The lowest BCUT2D eigenvalue weighted by Crippen LogP contribution is -2.40. The summed E-state index contributed by atoms with van der Waals surface area (Å²) in [4.78, 5) is 1.56. The maximum Gasteiger partial charge on any atom is 0.0445 e. The first-order valence-corrected chi connectivity index (χ1v) is 8.02. The summed E-state index contributed by atoms with van der Waals surface area (Å²) in [7, 11) is 0. The molecule has 17 heavy (non-hydrogen) atoms. The second kappa shape index (κ2) is 5.11. The van der Waals surface area contributed by atoms with E-state index in [9.17, 15) is 0 Å². The molecular weight excluding hydrogens is 226 g/mol. The molecule has 0 aromatic carbocycles. The summed E-state index contributed by atoms with van der Waals surface area (Å²) in [5.41, 5.74) is 0. The first kappa shape index (κ1) is 11.7. The number of nitrogens with one attached hydrogen (secondary N) is 1. The minimum atomic E-state index is 0.653. The molecule has 0 spiro atoms. The first-order chi connectivity index (χ1) is 8.34. The van der Waals surface area contributed by atoms with Gasteiger partial charge in [0, 0.05) is 17.0 Å². The van der Waals surface area contributed by atoms with E-state index in [4.69, 9.17) is 0 Å². The summed E-state index contributed by atoms with van der Waals surface area (Å²) in [6.07, 6.45) is 8.51. The van der Waals surface area contributed by atoms with Gasteiger partial charge < -0.3 is 5.32 Å².